The predicted molar refractivity (Wildman–Crippen MR) is 88.4 cm³/mol. The number of thiocarbonyl (C=S) groups is 2. The maximum Gasteiger partial charge on any atom is 0.189 e. The van der Waals surface area contributed by atoms with Gasteiger partial charge in [0.05, 0.1) is 11.8 Å². The van der Waals surface area contributed by atoms with Crippen LogP contribution in [0.3, 0.4) is 0 Å². The summed E-state index contributed by atoms with van der Waals surface area (Å²) in [6.45, 7) is 1.39. The number of benzene rings is 1. The lowest BCUT2D eigenvalue weighted by atomic mass is 10.2. The third kappa shape index (κ3) is 5.32. The van der Waals surface area contributed by atoms with E-state index in [4.69, 9.17) is 29.2 Å². The van der Waals surface area contributed by atoms with Gasteiger partial charge in [-0.25, -0.2) is 8.78 Å². The van der Waals surface area contributed by atoms with Crippen LogP contribution in [-0.4, -0.2) is 29.5 Å². The third-order valence-electron chi connectivity index (χ3n) is 2.98. The molecule has 1 heterocycles. The van der Waals surface area contributed by atoms with Gasteiger partial charge in [0.2, 0.25) is 0 Å². The Morgan fingerprint density at radius 2 is 2.00 bits per heavy atom. The van der Waals surface area contributed by atoms with Gasteiger partial charge in [0.1, 0.15) is 11.6 Å². The van der Waals surface area contributed by atoms with Crippen molar-refractivity contribution in [2.24, 2.45) is 0 Å². The van der Waals surface area contributed by atoms with Crippen molar-refractivity contribution in [3.8, 4) is 0 Å². The summed E-state index contributed by atoms with van der Waals surface area (Å²) >= 11 is 10.0. The molecule has 1 fully saturated rings. The molecule has 1 aliphatic heterocycles. The Kier molecular flexibility index (Phi) is 6.22. The van der Waals surface area contributed by atoms with Crippen LogP contribution in [0.15, 0.2) is 18.2 Å². The summed E-state index contributed by atoms with van der Waals surface area (Å²) in [5, 5.41) is 6.03. The quantitative estimate of drug-likeness (QED) is 0.492. The first-order valence-corrected chi connectivity index (χ1v) is 7.54. The molecule has 0 aromatic heterocycles. The van der Waals surface area contributed by atoms with E-state index < -0.39 is 11.6 Å². The minimum absolute atomic E-state index is 0.0685. The summed E-state index contributed by atoms with van der Waals surface area (Å²) in [6, 6.07) is 3.16. The Morgan fingerprint density at radius 3 is 2.68 bits per heavy atom. The molecular formula is C13H16F2N4OS2. The highest BCUT2D eigenvalue weighted by Crippen LogP contribution is 2.14. The second-order valence-corrected chi connectivity index (χ2v) is 5.49. The van der Waals surface area contributed by atoms with Crippen molar-refractivity contribution in [1.82, 2.24) is 16.2 Å². The molecule has 0 spiro atoms. The SMILES string of the molecule is Fc1ccc(NC(=S)NNC(=S)NC[C@@H]2CCCO2)c(F)c1. The van der Waals surface area contributed by atoms with Crippen LogP contribution in [0.25, 0.3) is 0 Å². The average Bonchev–Trinajstić information content (AvgIpc) is 2.99. The Balaban J connectivity index is 1.69. The van der Waals surface area contributed by atoms with E-state index in [9.17, 15) is 8.78 Å². The van der Waals surface area contributed by atoms with Gasteiger partial charge in [0, 0.05) is 19.2 Å². The topological polar surface area (TPSA) is 57.3 Å². The third-order valence-corrected chi connectivity index (χ3v) is 3.43. The molecule has 22 heavy (non-hydrogen) atoms. The van der Waals surface area contributed by atoms with Gasteiger partial charge in [-0.15, -0.1) is 0 Å². The maximum atomic E-state index is 13.4. The van der Waals surface area contributed by atoms with Gasteiger partial charge in [-0.2, -0.15) is 0 Å². The minimum atomic E-state index is -0.733. The van der Waals surface area contributed by atoms with Gasteiger partial charge in [0.25, 0.3) is 0 Å². The summed E-state index contributed by atoms with van der Waals surface area (Å²) < 4.78 is 31.7. The molecule has 2 rings (SSSR count). The number of anilines is 1. The Morgan fingerprint density at radius 1 is 1.23 bits per heavy atom. The summed E-state index contributed by atoms with van der Waals surface area (Å²) in [5.74, 6) is -1.39. The molecule has 1 aliphatic rings. The fraction of sp³-hybridized carbons (Fsp3) is 0.385. The zero-order valence-electron chi connectivity index (χ0n) is 11.6. The number of hydrogen-bond acceptors (Lipinski definition) is 3. The molecule has 1 aromatic carbocycles. The zero-order chi connectivity index (χ0) is 15.9. The first kappa shape index (κ1) is 16.8. The number of rotatable bonds is 3. The van der Waals surface area contributed by atoms with E-state index in [-0.39, 0.29) is 16.9 Å². The van der Waals surface area contributed by atoms with Crippen LogP contribution >= 0.6 is 24.4 Å². The lowest BCUT2D eigenvalue weighted by Gasteiger charge is -2.16. The van der Waals surface area contributed by atoms with Crippen LogP contribution < -0.4 is 21.5 Å². The lowest BCUT2D eigenvalue weighted by molar-refractivity contribution is 0.114. The molecule has 4 N–H and O–H groups in total. The maximum absolute atomic E-state index is 13.4. The number of hydrazine groups is 1. The number of nitrogens with one attached hydrogen (secondary N) is 4. The Labute approximate surface area is 137 Å². The highest BCUT2D eigenvalue weighted by molar-refractivity contribution is 7.80. The van der Waals surface area contributed by atoms with E-state index >= 15 is 0 Å². The first-order valence-electron chi connectivity index (χ1n) is 6.72. The number of hydrogen-bond donors (Lipinski definition) is 4. The average molecular weight is 346 g/mol. The van der Waals surface area contributed by atoms with Crippen molar-refractivity contribution in [2.75, 3.05) is 18.5 Å². The summed E-state index contributed by atoms with van der Waals surface area (Å²) in [6.07, 6.45) is 2.23. The fourth-order valence-corrected chi connectivity index (χ4v) is 2.21. The number of halogens is 2. The normalized spacial score (nSPS) is 16.9. The Bertz CT molecular complexity index is 553. The summed E-state index contributed by atoms with van der Waals surface area (Å²) in [5.41, 5.74) is 5.35. The fourth-order valence-electron chi connectivity index (χ4n) is 1.91. The van der Waals surface area contributed by atoms with Gasteiger partial charge < -0.3 is 15.4 Å². The van der Waals surface area contributed by atoms with E-state index in [1.165, 1.54) is 6.07 Å². The van der Waals surface area contributed by atoms with Crippen LogP contribution in [0.4, 0.5) is 14.5 Å². The smallest absolute Gasteiger partial charge is 0.189 e. The molecule has 0 unspecified atom stereocenters. The summed E-state index contributed by atoms with van der Waals surface area (Å²) in [7, 11) is 0. The van der Waals surface area contributed by atoms with Gasteiger partial charge in [-0.05, 0) is 49.4 Å². The monoisotopic (exact) mass is 346 g/mol. The predicted octanol–water partition coefficient (Wildman–Crippen LogP) is 1.81. The van der Waals surface area contributed by atoms with Crippen molar-refractivity contribution in [3.63, 3.8) is 0 Å². The van der Waals surface area contributed by atoms with Crippen molar-refractivity contribution < 1.29 is 13.5 Å². The van der Waals surface area contributed by atoms with E-state index in [0.29, 0.717) is 11.7 Å². The molecule has 0 radical (unpaired) electrons. The Hall–Kier alpha value is -1.58. The largest absolute Gasteiger partial charge is 0.376 e. The van der Waals surface area contributed by atoms with Crippen LogP contribution in [0.2, 0.25) is 0 Å². The highest BCUT2D eigenvalue weighted by Gasteiger charge is 2.15. The molecule has 0 amide bonds. The van der Waals surface area contributed by atoms with Gasteiger partial charge in [-0.3, -0.25) is 10.9 Å². The molecule has 1 saturated heterocycles. The van der Waals surface area contributed by atoms with Crippen molar-refractivity contribution >= 4 is 40.3 Å². The van der Waals surface area contributed by atoms with Gasteiger partial charge >= 0.3 is 0 Å². The second kappa shape index (κ2) is 8.16. The zero-order valence-corrected chi connectivity index (χ0v) is 13.3. The molecule has 1 atom stereocenters. The van der Waals surface area contributed by atoms with Crippen molar-refractivity contribution in [2.45, 2.75) is 18.9 Å². The molecule has 0 saturated carbocycles. The van der Waals surface area contributed by atoms with E-state index in [1.54, 1.807) is 0 Å². The van der Waals surface area contributed by atoms with Crippen molar-refractivity contribution in [3.05, 3.63) is 29.8 Å². The first-order chi connectivity index (χ1) is 10.5. The lowest BCUT2D eigenvalue weighted by Crippen LogP contribution is -2.49. The van der Waals surface area contributed by atoms with Crippen LogP contribution in [-0.2, 0) is 4.74 Å². The molecule has 0 bridgehead atoms. The van der Waals surface area contributed by atoms with Crippen LogP contribution in [0, 0.1) is 11.6 Å². The molecular weight excluding hydrogens is 330 g/mol. The number of ether oxygens (including phenoxy) is 1. The highest BCUT2D eigenvalue weighted by atomic mass is 32.1. The molecule has 9 heteroatoms. The standard InChI is InChI=1S/C13H16F2N4OS2/c14-8-3-4-11(10(15)6-8)17-13(22)19-18-12(21)16-7-9-2-1-5-20-9/h3-4,6,9H,1-2,5,7H2,(H2,16,18,21)(H2,17,19,22)/t9-/m0/s1. The second-order valence-electron chi connectivity index (χ2n) is 4.67. The minimum Gasteiger partial charge on any atom is -0.376 e. The molecule has 120 valence electrons. The van der Waals surface area contributed by atoms with Gasteiger partial charge in [-0.1, -0.05) is 0 Å². The van der Waals surface area contributed by atoms with E-state index in [2.05, 4.69) is 21.5 Å². The van der Waals surface area contributed by atoms with Crippen molar-refractivity contribution in [1.29, 1.82) is 0 Å². The van der Waals surface area contributed by atoms with Crippen LogP contribution in [0.5, 0.6) is 0 Å². The molecule has 5 nitrogen and oxygen atoms in total. The van der Waals surface area contributed by atoms with Crippen LogP contribution in [0.1, 0.15) is 12.8 Å². The molecule has 1 aromatic rings. The van der Waals surface area contributed by atoms with E-state index in [0.717, 1.165) is 31.6 Å². The molecule has 0 aliphatic carbocycles. The van der Waals surface area contributed by atoms with Gasteiger partial charge in [0.15, 0.2) is 10.2 Å². The summed E-state index contributed by atoms with van der Waals surface area (Å²) in [4.78, 5) is 0. The van der Waals surface area contributed by atoms with E-state index in [1.807, 2.05) is 0 Å².